The van der Waals surface area contributed by atoms with Crippen molar-refractivity contribution in [1.82, 2.24) is 20.3 Å². The minimum atomic E-state index is -4.21. The second kappa shape index (κ2) is 12.2. The number of benzene rings is 1. The van der Waals surface area contributed by atoms with E-state index in [1.165, 1.54) is 4.90 Å². The Morgan fingerprint density at radius 2 is 2.00 bits per heavy atom. The van der Waals surface area contributed by atoms with E-state index in [1.54, 1.807) is 19.1 Å². The van der Waals surface area contributed by atoms with Crippen LogP contribution in [-0.4, -0.2) is 70.8 Å². The number of nitrogens with one attached hydrogen (secondary N) is 3. The Labute approximate surface area is 199 Å². The predicted octanol–water partition coefficient (Wildman–Crippen LogP) is 2.39. The maximum Gasteiger partial charge on any atom is 0.401 e. The van der Waals surface area contributed by atoms with Crippen molar-refractivity contribution in [3.63, 3.8) is 0 Å². The van der Waals surface area contributed by atoms with Crippen LogP contribution < -0.4 is 15.4 Å². The maximum atomic E-state index is 12.5. The molecule has 0 aliphatic carbocycles. The molecular weight excluding hydrogens is 546 g/mol. The summed E-state index contributed by atoms with van der Waals surface area (Å²) in [7, 11) is -3.64. The van der Waals surface area contributed by atoms with Crippen LogP contribution in [0.4, 0.5) is 13.2 Å². The number of halogens is 4. The molecule has 1 aliphatic heterocycles. The van der Waals surface area contributed by atoms with Gasteiger partial charge in [-0.1, -0.05) is 12.1 Å². The lowest BCUT2D eigenvalue weighted by Crippen LogP contribution is -2.45. The SMILES string of the molecule is CCNC(=NCCNS(=O)(=O)c1cc(C)ccc1C)NC1CCN(CC(F)(F)F)C1.I. The smallest absolute Gasteiger partial charge is 0.357 e. The van der Waals surface area contributed by atoms with Gasteiger partial charge in [-0.25, -0.2) is 13.1 Å². The molecule has 0 amide bonds. The van der Waals surface area contributed by atoms with Crippen LogP contribution in [0.3, 0.4) is 0 Å². The van der Waals surface area contributed by atoms with E-state index in [0.717, 1.165) is 5.56 Å². The second-order valence-electron chi connectivity index (χ2n) is 7.41. The van der Waals surface area contributed by atoms with Gasteiger partial charge in [-0.05, 0) is 44.4 Å². The molecule has 1 atom stereocenters. The highest BCUT2D eigenvalue weighted by atomic mass is 127. The Morgan fingerprint density at radius 3 is 2.65 bits per heavy atom. The highest BCUT2D eigenvalue weighted by Crippen LogP contribution is 2.20. The fraction of sp³-hybridized carbons (Fsp3) is 0.632. The largest absolute Gasteiger partial charge is 0.401 e. The first kappa shape index (κ1) is 27.9. The van der Waals surface area contributed by atoms with E-state index in [9.17, 15) is 21.6 Å². The number of guanidine groups is 1. The van der Waals surface area contributed by atoms with Crippen molar-refractivity contribution in [3.8, 4) is 0 Å². The van der Waals surface area contributed by atoms with Gasteiger partial charge in [-0.2, -0.15) is 13.2 Å². The Kier molecular flexibility index (Phi) is 11.0. The molecule has 2 rings (SSSR count). The van der Waals surface area contributed by atoms with E-state index in [2.05, 4.69) is 20.3 Å². The zero-order valence-electron chi connectivity index (χ0n) is 17.9. The van der Waals surface area contributed by atoms with Crippen LogP contribution in [0.25, 0.3) is 0 Å². The van der Waals surface area contributed by atoms with Gasteiger partial charge < -0.3 is 10.6 Å². The topological polar surface area (TPSA) is 85.8 Å². The van der Waals surface area contributed by atoms with Gasteiger partial charge >= 0.3 is 6.18 Å². The summed E-state index contributed by atoms with van der Waals surface area (Å²) in [5.41, 5.74) is 1.52. The van der Waals surface area contributed by atoms with Crippen molar-refractivity contribution in [1.29, 1.82) is 0 Å². The number of rotatable bonds is 8. The van der Waals surface area contributed by atoms with Crippen LogP contribution in [-0.2, 0) is 10.0 Å². The summed E-state index contributed by atoms with van der Waals surface area (Å²) in [5, 5.41) is 6.17. The molecule has 1 unspecified atom stereocenters. The van der Waals surface area contributed by atoms with Crippen molar-refractivity contribution in [2.45, 2.75) is 44.3 Å². The zero-order valence-corrected chi connectivity index (χ0v) is 21.1. The zero-order chi connectivity index (χ0) is 22.4. The summed E-state index contributed by atoms with van der Waals surface area (Å²) in [6, 6.07) is 5.10. The number of aryl methyl sites for hydroxylation is 2. The van der Waals surface area contributed by atoms with Crippen molar-refractivity contribution >= 4 is 40.0 Å². The summed E-state index contributed by atoms with van der Waals surface area (Å²) in [6.07, 6.45) is -3.62. The van der Waals surface area contributed by atoms with E-state index < -0.39 is 22.7 Å². The van der Waals surface area contributed by atoms with E-state index in [1.807, 2.05) is 19.9 Å². The third kappa shape index (κ3) is 9.49. The average Bonchev–Trinajstić information content (AvgIpc) is 3.05. The normalized spacial score (nSPS) is 18.0. The molecule has 178 valence electrons. The molecule has 0 bridgehead atoms. The van der Waals surface area contributed by atoms with Crippen LogP contribution >= 0.6 is 24.0 Å². The Bertz CT molecular complexity index is 849. The molecular formula is C19H31F3IN5O2S. The lowest BCUT2D eigenvalue weighted by molar-refractivity contribution is -0.143. The predicted molar refractivity (Wildman–Crippen MR) is 127 cm³/mol. The fourth-order valence-electron chi connectivity index (χ4n) is 3.28. The van der Waals surface area contributed by atoms with Crippen LogP contribution in [0, 0.1) is 13.8 Å². The number of nitrogens with zero attached hydrogens (tertiary/aromatic N) is 2. The van der Waals surface area contributed by atoms with Gasteiger partial charge in [0.15, 0.2) is 5.96 Å². The molecule has 1 heterocycles. The van der Waals surface area contributed by atoms with Gasteiger partial charge in [0, 0.05) is 32.2 Å². The molecule has 0 spiro atoms. The van der Waals surface area contributed by atoms with Crippen LogP contribution in [0.1, 0.15) is 24.5 Å². The van der Waals surface area contributed by atoms with Crippen LogP contribution in [0.15, 0.2) is 28.1 Å². The van der Waals surface area contributed by atoms with Gasteiger partial charge in [-0.15, -0.1) is 24.0 Å². The first-order valence-corrected chi connectivity index (χ1v) is 11.4. The minimum absolute atomic E-state index is 0. The molecule has 1 aromatic rings. The summed E-state index contributed by atoms with van der Waals surface area (Å²) in [5.74, 6) is 0.460. The van der Waals surface area contributed by atoms with E-state index in [-0.39, 0.29) is 54.5 Å². The standard InChI is InChI=1S/C19H30F3N5O2S.HI/c1-4-23-18(26-16-7-10-27(12-16)13-19(20,21)22)24-8-9-25-30(28,29)17-11-14(2)5-6-15(17)3;/h5-6,11,16,25H,4,7-10,12-13H2,1-3H3,(H2,23,24,26);1H. The molecule has 7 nitrogen and oxygen atoms in total. The molecule has 1 aromatic carbocycles. The number of hydrogen-bond donors (Lipinski definition) is 3. The van der Waals surface area contributed by atoms with Crippen molar-refractivity contribution in [2.24, 2.45) is 4.99 Å². The molecule has 0 saturated carbocycles. The minimum Gasteiger partial charge on any atom is -0.357 e. The average molecular weight is 577 g/mol. The third-order valence-electron chi connectivity index (χ3n) is 4.67. The Morgan fingerprint density at radius 1 is 1.29 bits per heavy atom. The Hall–Kier alpha value is -1.12. The van der Waals surface area contributed by atoms with Gasteiger partial charge in [0.05, 0.1) is 18.0 Å². The second-order valence-corrected chi connectivity index (χ2v) is 9.14. The fourth-order valence-corrected chi connectivity index (χ4v) is 4.63. The van der Waals surface area contributed by atoms with Gasteiger partial charge in [0.1, 0.15) is 0 Å². The molecule has 1 saturated heterocycles. The number of hydrogen-bond acceptors (Lipinski definition) is 4. The molecule has 31 heavy (non-hydrogen) atoms. The van der Waals surface area contributed by atoms with E-state index in [4.69, 9.17) is 0 Å². The summed E-state index contributed by atoms with van der Waals surface area (Å²) >= 11 is 0. The molecule has 1 fully saturated rings. The number of sulfonamides is 1. The number of likely N-dealkylation sites (tertiary alicyclic amines) is 1. The summed E-state index contributed by atoms with van der Waals surface area (Å²) < 4.78 is 65.2. The maximum absolute atomic E-state index is 12.5. The molecule has 1 aliphatic rings. The molecule has 0 aromatic heterocycles. The van der Waals surface area contributed by atoms with Crippen LogP contribution in [0.2, 0.25) is 0 Å². The lowest BCUT2D eigenvalue weighted by Gasteiger charge is -2.19. The summed E-state index contributed by atoms with van der Waals surface area (Å²) in [4.78, 5) is 5.94. The van der Waals surface area contributed by atoms with Crippen molar-refractivity contribution in [3.05, 3.63) is 29.3 Å². The van der Waals surface area contributed by atoms with Crippen molar-refractivity contribution < 1.29 is 21.6 Å². The van der Waals surface area contributed by atoms with E-state index >= 15 is 0 Å². The third-order valence-corrected chi connectivity index (χ3v) is 6.27. The molecule has 12 heteroatoms. The highest BCUT2D eigenvalue weighted by molar-refractivity contribution is 14.0. The van der Waals surface area contributed by atoms with Gasteiger partial charge in [0.2, 0.25) is 10.0 Å². The molecule has 0 radical (unpaired) electrons. The van der Waals surface area contributed by atoms with Gasteiger partial charge in [-0.3, -0.25) is 9.89 Å². The van der Waals surface area contributed by atoms with Crippen LogP contribution in [0.5, 0.6) is 0 Å². The first-order chi connectivity index (χ1) is 14.0. The first-order valence-electron chi connectivity index (χ1n) is 9.91. The van der Waals surface area contributed by atoms with Crippen molar-refractivity contribution in [2.75, 3.05) is 39.3 Å². The Balaban J connectivity index is 0.00000480. The highest BCUT2D eigenvalue weighted by Gasteiger charge is 2.34. The number of aliphatic imine (C=N–C) groups is 1. The molecule has 3 N–H and O–H groups in total. The lowest BCUT2D eigenvalue weighted by atomic mass is 10.2. The quantitative estimate of drug-likeness (QED) is 0.191. The number of alkyl halides is 3. The van der Waals surface area contributed by atoms with Gasteiger partial charge in [0.25, 0.3) is 0 Å². The van der Waals surface area contributed by atoms with E-state index in [0.29, 0.717) is 31.0 Å². The monoisotopic (exact) mass is 577 g/mol. The summed E-state index contributed by atoms with van der Waals surface area (Å²) in [6.45, 7) is 6.06.